The maximum absolute atomic E-state index is 12.9. The summed E-state index contributed by atoms with van der Waals surface area (Å²) in [5.41, 5.74) is 1.18. The number of fused-ring (bicyclic) bond motifs is 1. The Bertz CT molecular complexity index is 390. The topological polar surface area (TPSA) is 33.2 Å². The zero-order chi connectivity index (χ0) is 10.3. The normalized spacial score (nSPS) is 18.1. The monoisotopic (exact) mass is 194 g/mol. The molecule has 0 spiro atoms. The highest BCUT2D eigenvalue weighted by Gasteiger charge is 2.36. The maximum Gasteiger partial charge on any atom is 0.214 e. The van der Waals surface area contributed by atoms with Gasteiger partial charge in [-0.05, 0) is 0 Å². The van der Waals surface area contributed by atoms with Crippen molar-refractivity contribution in [3.63, 3.8) is 0 Å². The molecule has 1 aromatic heterocycles. The molecule has 0 N–H and O–H groups in total. The molecule has 74 valence electrons. The fourth-order valence-corrected chi connectivity index (χ4v) is 1.85. The van der Waals surface area contributed by atoms with E-state index in [0.29, 0.717) is 18.6 Å². The van der Waals surface area contributed by atoms with Crippen molar-refractivity contribution in [1.29, 1.82) is 0 Å². The van der Waals surface area contributed by atoms with Gasteiger partial charge < -0.3 is 4.90 Å². The fraction of sp³-hybridized carbons (Fsp3) is 0.400. The predicted molar refractivity (Wildman–Crippen MR) is 50.6 cm³/mol. The van der Waals surface area contributed by atoms with Crippen LogP contribution in [0.3, 0.4) is 0 Å². The molecule has 4 heteroatoms. The van der Waals surface area contributed by atoms with E-state index in [1.165, 1.54) is 17.2 Å². The van der Waals surface area contributed by atoms with Crippen molar-refractivity contribution in [3.8, 4) is 0 Å². The average Bonchev–Trinajstić information content (AvgIpc) is 2.37. The van der Waals surface area contributed by atoms with Gasteiger partial charge in [-0.2, -0.15) is 0 Å². The number of anilines is 1. The Morgan fingerprint density at radius 2 is 2.36 bits per heavy atom. The van der Waals surface area contributed by atoms with Crippen LogP contribution in [-0.4, -0.2) is 17.9 Å². The van der Waals surface area contributed by atoms with Crippen LogP contribution in [0.25, 0.3) is 0 Å². The van der Waals surface area contributed by atoms with E-state index in [4.69, 9.17) is 0 Å². The number of hydrogen-bond acceptors (Lipinski definition) is 2. The Hall–Kier alpha value is -1.45. The second-order valence-corrected chi connectivity index (χ2v) is 4.14. The number of amides is 1. The number of nitrogens with zero attached hydrogens (tertiary/aromatic N) is 2. The van der Waals surface area contributed by atoms with Crippen molar-refractivity contribution >= 4 is 12.1 Å². The van der Waals surface area contributed by atoms with E-state index in [1.54, 1.807) is 0 Å². The van der Waals surface area contributed by atoms with Gasteiger partial charge in [-0.25, -0.2) is 4.39 Å². The Balaban J connectivity index is 2.59. The molecule has 14 heavy (non-hydrogen) atoms. The number of carbonyl (C=O) groups is 1. The van der Waals surface area contributed by atoms with Crippen LogP contribution >= 0.6 is 0 Å². The van der Waals surface area contributed by atoms with Crippen molar-refractivity contribution < 1.29 is 9.18 Å². The van der Waals surface area contributed by atoms with Crippen LogP contribution in [0.15, 0.2) is 12.3 Å². The Morgan fingerprint density at radius 1 is 1.64 bits per heavy atom. The summed E-state index contributed by atoms with van der Waals surface area (Å²) in [6, 6.07) is 1.35. The average molecular weight is 194 g/mol. The summed E-state index contributed by atoms with van der Waals surface area (Å²) >= 11 is 0. The molecule has 0 saturated heterocycles. The highest BCUT2D eigenvalue weighted by molar-refractivity contribution is 5.80. The van der Waals surface area contributed by atoms with Gasteiger partial charge in [-0.1, -0.05) is 13.8 Å². The van der Waals surface area contributed by atoms with E-state index in [9.17, 15) is 9.18 Å². The Morgan fingerprint density at radius 3 is 3.00 bits per heavy atom. The first-order valence-electron chi connectivity index (χ1n) is 4.42. The highest BCUT2D eigenvalue weighted by atomic mass is 19.1. The lowest BCUT2D eigenvalue weighted by molar-refractivity contribution is -0.107. The van der Waals surface area contributed by atoms with Crippen LogP contribution in [0.1, 0.15) is 19.5 Å². The molecule has 2 heterocycles. The van der Waals surface area contributed by atoms with Crippen LogP contribution in [0.5, 0.6) is 0 Å². The fourth-order valence-electron chi connectivity index (χ4n) is 1.85. The van der Waals surface area contributed by atoms with Crippen molar-refractivity contribution in [2.45, 2.75) is 19.3 Å². The Kier molecular flexibility index (Phi) is 1.80. The summed E-state index contributed by atoms with van der Waals surface area (Å²) in [5, 5.41) is 0. The third-order valence-corrected chi connectivity index (χ3v) is 2.48. The molecule has 0 radical (unpaired) electrons. The molecule has 0 unspecified atom stereocenters. The van der Waals surface area contributed by atoms with Gasteiger partial charge in [0.15, 0.2) is 0 Å². The minimum Gasteiger partial charge on any atom is -0.312 e. The second-order valence-electron chi connectivity index (χ2n) is 4.14. The van der Waals surface area contributed by atoms with E-state index < -0.39 is 5.82 Å². The molecule has 1 amide bonds. The first-order chi connectivity index (χ1) is 6.54. The zero-order valence-electron chi connectivity index (χ0n) is 8.12. The molecular weight excluding hydrogens is 183 g/mol. The largest absolute Gasteiger partial charge is 0.312 e. The van der Waals surface area contributed by atoms with Gasteiger partial charge in [0.05, 0.1) is 17.6 Å². The smallest absolute Gasteiger partial charge is 0.214 e. The minimum atomic E-state index is -0.409. The van der Waals surface area contributed by atoms with Gasteiger partial charge in [-0.3, -0.25) is 9.78 Å². The predicted octanol–water partition coefficient (Wildman–Crippen LogP) is 1.47. The summed E-state index contributed by atoms with van der Waals surface area (Å²) in [4.78, 5) is 16.3. The zero-order valence-corrected chi connectivity index (χ0v) is 8.12. The third-order valence-electron chi connectivity index (χ3n) is 2.48. The van der Waals surface area contributed by atoms with Gasteiger partial charge in [-0.15, -0.1) is 0 Å². The first kappa shape index (κ1) is 9.12. The van der Waals surface area contributed by atoms with E-state index >= 15 is 0 Å². The molecule has 1 aromatic rings. The van der Waals surface area contributed by atoms with Gasteiger partial charge >= 0.3 is 0 Å². The lowest BCUT2D eigenvalue weighted by atomic mass is 9.91. The third kappa shape index (κ3) is 1.18. The van der Waals surface area contributed by atoms with Gasteiger partial charge in [0, 0.05) is 18.0 Å². The number of rotatable bonds is 1. The molecule has 0 bridgehead atoms. The van der Waals surface area contributed by atoms with Gasteiger partial charge in [0.2, 0.25) is 6.41 Å². The maximum atomic E-state index is 12.9. The molecule has 0 fully saturated rings. The highest BCUT2D eigenvalue weighted by Crippen LogP contribution is 2.37. The molecule has 0 atom stereocenters. The summed E-state index contributed by atoms with van der Waals surface area (Å²) in [6.45, 7) is 4.53. The number of pyridine rings is 1. The number of halogens is 1. The molecule has 0 aliphatic carbocycles. The van der Waals surface area contributed by atoms with Crippen LogP contribution in [-0.2, 0) is 10.2 Å². The van der Waals surface area contributed by atoms with Crippen molar-refractivity contribution in [2.75, 3.05) is 11.4 Å². The molecule has 3 nitrogen and oxygen atoms in total. The van der Waals surface area contributed by atoms with E-state index in [2.05, 4.69) is 4.98 Å². The summed E-state index contributed by atoms with van der Waals surface area (Å²) in [7, 11) is 0. The molecule has 0 saturated carbocycles. The standard InChI is InChI=1S/C10H11FN2O/c1-10(2)5-13(6-14)8-3-7(11)4-12-9(8)10/h3-4,6H,5H2,1-2H3. The van der Waals surface area contributed by atoms with Gasteiger partial charge in [0.1, 0.15) is 5.82 Å². The first-order valence-corrected chi connectivity index (χ1v) is 4.42. The van der Waals surface area contributed by atoms with Crippen molar-refractivity contribution in [3.05, 3.63) is 23.8 Å². The van der Waals surface area contributed by atoms with E-state index in [0.717, 1.165) is 5.69 Å². The summed E-state index contributed by atoms with van der Waals surface area (Å²) in [6.07, 6.45) is 1.91. The molecule has 1 aliphatic heterocycles. The van der Waals surface area contributed by atoms with Crippen LogP contribution in [0.2, 0.25) is 0 Å². The summed E-state index contributed by atoms with van der Waals surface area (Å²) < 4.78 is 12.9. The molecule has 0 aromatic carbocycles. The van der Waals surface area contributed by atoms with Crippen LogP contribution < -0.4 is 4.90 Å². The molecule has 2 rings (SSSR count). The van der Waals surface area contributed by atoms with E-state index in [1.807, 2.05) is 13.8 Å². The Labute approximate surface area is 81.6 Å². The summed E-state index contributed by atoms with van der Waals surface area (Å²) in [5.74, 6) is -0.409. The molecule has 1 aliphatic rings. The molecular formula is C10H11FN2O. The number of aromatic nitrogens is 1. The number of hydrogen-bond donors (Lipinski definition) is 0. The minimum absolute atomic E-state index is 0.191. The second kappa shape index (κ2) is 2.77. The number of carbonyl (C=O) groups excluding carboxylic acids is 1. The SMILES string of the molecule is CC1(C)CN(C=O)c2cc(F)cnc21. The van der Waals surface area contributed by atoms with E-state index in [-0.39, 0.29) is 5.41 Å². The van der Waals surface area contributed by atoms with Crippen molar-refractivity contribution in [2.24, 2.45) is 0 Å². The van der Waals surface area contributed by atoms with Crippen LogP contribution in [0, 0.1) is 5.82 Å². The lowest BCUT2D eigenvalue weighted by Gasteiger charge is -2.16. The van der Waals surface area contributed by atoms with Gasteiger partial charge in [0.25, 0.3) is 0 Å². The lowest BCUT2D eigenvalue weighted by Crippen LogP contribution is -2.27. The van der Waals surface area contributed by atoms with Crippen LogP contribution in [0.4, 0.5) is 10.1 Å². The van der Waals surface area contributed by atoms with Crippen molar-refractivity contribution in [1.82, 2.24) is 4.98 Å². The quantitative estimate of drug-likeness (QED) is 0.634.